The number of hydrogen-bond donors (Lipinski definition) is 3. The summed E-state index contributed by atoms with van der Waals surface area (Å²) in [5, 5.41) is 11.2. The Hall–Kier alpha value is -1.85. The first-order chi connectivity index (χ1) is 8.33. The zero-order valence-electron chi connectivity index (χ0n) is 9.61. The number of nitrogens with zero attached hydrogens (tertiary/aromatic N) is 3. The Morgan fingerprint density at radius 3 is 2.88 bits per heavy atom. The predicted molar refractivity (Wildman–Crippen MR) is 66.6 cm³/mol. The summed E-state index contributed by atoms with van der Waals surface area (Å²) in [5.41, 5.74) is 6.37. The van der Waals surface area contributed by atoms with E-state index in [1.54, 1.807) is 6.20 Å². The Morgan fingerprint density at radius 2 is 2.06 bits per heavy atom. The van der Waals surface area contributed by atoms with Gasteiger partial charge in [0.1, 0.15) is 5.82 Å². The molecular weight excluding hydrogens is 216 g/mol. The minimum atomic E-state index is 0.278. The molecule has 17 heavy (non-hydrogen) atoms. The average molecular weight is 232 g/mol. The fourth-order valence-electron chi connectivity index (χ4n) is 2.40. The van der Waals surface area contributed by atoms with Gasteiger partial charge in [-0.05, 0) is 12.8 Å². The molecule has 2 heterocycles. The summed E-state index contributed by atoms with van der Waals surface area (Å²) < 4.78 is 0. The van der Waals surface area contributed by atoms with Gasteiger partial charge in [0.25, 0.3) is 0 Å². The van der Waals surface area contributed by atoms with Crippen molar-refractivity contribution in [3.8, 4) is 0 Å². The van der Waals surface area contributed by atoms with Crippen LogP contribution in [0.15, 0.2) is 6.20 Å². The molecule has 0 saturated heterocycles. The zero-order valence-corrected chi connectivity index (χ0v) is 9.61. The van der Waals surface area contributed by atoms with Crippen LogP contribution in [0.1, 0.15) is 32.1 Å². The average Bonchev–Trinajstić information content (AvgIpc) is 2.78. The maximum atomic E-state index is 5.68. The molecule has 1 aliphatic rings. The number of hydrogen-bond acceptors (Lipinski definition) is 5. The number of aromatic amines is 1. The third-order valence-electron chi connectivity index (χ3n) is 3.27. The van der Waals surface area contributed by atoms with Crippen LogP contribution in [-0.2, 0) is 0 Å². The van der Waals surface area contributed by atoms with E-state index in [2.05, 4.69) is 25.5 Å². The Labute approximate surface area is 99.0 Å². The van der Waals surface area contributed by atoms with Crippen molar-refractivity contribution in [3.63, 3.8) is 0 Å². The monoisotopic (exact) mass is 232 g/mol. The normalized spacial score (nSPS) is 17.4. The van der Waals surface area contributed by atoms with E-state index in [-0.39, 0.29) is 5.95 Å². The van der Waals surface area contributed by atoms with E-state index in [0.29, 0.717) is 11.7 Å². The molecule has 1 aliphatic carbocycles. The van der Waals surface area contributed by atoms with Crippen LogP contribution in [0.3, 0.4) is 0 Å². The minimum Gasteiger partial charge on any atom is -0.368 e. The van der Waals surface area contributed by atoms with Crippen molar-refractivity contribution in [3.05, 3.63) is 6.20 Å². The first-order valence-electron chi connectivity index (χ1n) is 6.06. The van der Waals surface area contributed by atoms with Crippen molar-refractivity contribution in [1.29, 1.82) is 0 Å². The second-order valence-corrected chi connectivity index (χ2v) is 4.54. The van der Waals surface area contributed by atoms with E-state index in [1.807, 2.05) is 0 Å². The number of anilines is 2. The SMILES string of the molecule is Nc1nc(NC2CCCCC2)c2cn[nH]c2n1. The molecule has 6 nitrogen and oxygen atoms in total. The Bertz CT molecular complexity index is 514. The van der Waals surface area contributed by atoms with Crippen LogP contribution in [0.4, 0.5) is 11.8 Å². The first kappa shape index (κ1) is 10.3. The third kappa shape index (κ3) is 2.02. The highest BCUT2D eigenvalue weighted by molar-refractivity contribution is 5.86. The molecular formula is C11H16N6. The van der Waals surface area contributed by atoms with Crippen molar-refractivity contribution in [2.24, 2.45) is 0 Å². The van der Waals surface area contributed by atoms with Gasteiger partial charge in [-0.15, -0.1) is 0 Å². The molecule has 90 valence electrons. The van der Waals surface area contributed by atoms with Crippen LogP contribution in [0.25, 0.3) is 11.0 Å². The van der Waals surface area contributed by atoms with Gasteiger partial charge in [-0.25, -0.2) is 0 Å². The molecule has 4 N–H and O–H groups in total. The van der Waals surface area contributed by atoms with Crippen LogP contribution >= 0.6 is 0 Å². The molecule has 1 saturated carbocycles. The standard InChI is InChI=1S/C11H16N6/c12-11-15-9(8-6-13-17-10(8)16-11)14-7-4-2-1-3-5-7/h6-7H,1-5H2,(H4,12,13,14,15,16,17). The van der Waals surface area contributed by atoms with Crippen LogP contribution in [0, 0.1) is 0 Å². The van der Waals surface area contributed by atoms with Gasteiger partial charge >= 0.3 is 0 Å². The van der Waals surface area contributed by atoms with Crippen LogP contribution < -0.4 is 11.1 Å². The number of nitrogens with one attached hydrogen (secondary N) is 2. The lowest BCUT2D eigenvalue weighted by Gasteiger charge is -2.23. The van der Waals surface area contributed by atoms with E-state index in [9.17, 15) is 0 Å². The number of H-pyrrole nitrogens is 1. The summed E-state index contributed by atoms with van der Waals surface area (Å²) in [6.07, 6.45) is 8.04. The zero-order chi connectivity index (χ0) is 11.7. The van der Waals surface area contributed by atoms with Crippen molar-refractivity contribution in [1.82, 2.24) is 20.2 Å². The van der Waals surface area contributed by atoms with Gasteiger partial charge in [0, 0.05) is 6.04 Å². The van der Waals surface area contributed by atoms with Gasteiger partial charge < -0.3 is 11.1 Å². The smallest absolute Gasteiger partial charge is 0.224 e. The van der Waals surface area contributed by atoms with Gasteiger partial charge in [-0.1, -0.05) is 19.3 Å². The lowest BCUT2D eigenvalue weighted by atomic mass is 9.95. The number of nitrogen functional groups attached to an aromatic ring is 1. The molecule has 1 fully saturated rings. The lowest BCUT2D eigenvalue weighted by molar-refractivity contribution is 0.462. The summed E-state index contributed by atoms with van der Waals surface area (Å²) in [6.45, 7) is 0. The quantitative estimate of drug-likeness (QED) is 0.732. The maximum absolute atomic E-state index is 5.68. The molecule has 0 spiro atoms. The van der Waals surface area contributed by atoms with Crippen molar-refractivity contribution < 1.29 is 0 Å². The van der Waals surface area contributed by atoms with Crippen molar-refractivity contribution in [2.45, 2.75) is 38.1 Å². The fourth-order valence-corrected chi connectivity index (χ4v) is 2.40. The van der Waals surface area contributed by atoms with E-state index >= 15 is 0 Å². The largest absolute Gasteiger partial charge is 0.368 e. The fraction of sp³-hybridized carbons (Fsp3) is 0.545. The second-order valence-electron chi connectivity index (χ2n) is 4.54. The van der Waals surface area contributed by atoms with Crippen molar-refractivity contribution >= 4 is 22.8 Å². The number of aromatic nitrogens is 4. The molecule has 0 unspecified atom stereocenters. The van der Waals surface area contributed by atoms with Gasteiger partial charge in [0.05, 0.1) is 11.6 Å². The van der Waals surface area contributed by atoms with E-state index < -0.39 is 0 Å². The molecule has 0 atom stereocenters. The van der Waals surface area contributed by atoms with Gasteiger partial charge in [-0.3, -0.25) is 5.10 Å². The summed E-state index contributed by atoms with van der Waals surface area (Å²) in [4.78, 5) is 8.36. The van der Waals surface area contributed by atoms with Gasteiger partial charge in [-0.2, -0.15) is 15.1 Å². The number of rotatable bonds is 2. The molecule has 0 bridgehead atoms. The molecule has 2 aromatic heterocycles. The molecule has 3 rings (SSSR count). The second kappa shape index (κ2) is 4.20. The van der Waals surface area contributed by atoms with E-state index in [0.717, 1.165) is 11.2 Å². The molecule has 0 aliphatic heterocycles. The molecule has 2 aromatic rings. The van der Waals surface area contributed by atoms with Crippen LogP contribution in [0.5, 0.6) is 0 Å². The lowest BCUT2D eigenvalue weighted by Crippen LogP contribution is -2.23. The van der Waals surface area contributed by atoms with E-state index in [4.69, 9.17) is 5.73 Å². The Balaban J connectivity index is 1.90. The predicted octanol–water partition coefficient (Wildman–Crippen LogP) is 1.68. The summed E-state index contributed by atoms with van der Waals surface area (Å²) in [7, 11) is 0. The minimum absolute atomic E-state index is 0.278. The molecule has 6 heteroatoms. The summed E-state index contributed by atoms with van der Waals surface area (Å²) >= 11 is 0. The molecule has 0 radical (unpaired) electrons. The first-order valence-corrected chi connectivity index (χ1v) is 6.06. The Kier molecular flexibility index (Phi) is 2.55. The number of nitrogens with two attached hydrogens (primary N) is 1. The highest BCUT2D eigenvalue weighted by Gasteiger charge is 2.16. The highest BCUT2D eigenvalue weighted by Crippen LogP contribution is 2.24. The Morgan fingerprint density at radius 1 is 1.24 bits per heavy atom. The van der Waals surface area contributed by atoms with Crippen LogP contribution in [0.2, 0.25) is 0 Å². The summed E-state index contributed by atoms with van der Waals surface area (Å²) in [5.74, 6) is 1.08. The van der Waals surface area contributed by atoms with Crippen molar-refractivity contribution in [2.75, 3.05) is 11.1 Å². The van der Waals surface area contributed by atoms with Gasteiger partial charge in [0.15, 0.2) is 5.65 Å². The highest BCUT2D eigenvalue weighted by atomic mass is 15.2. The third-order valence-corrected chi connectivity index (χ3v) is 3.27. The van der Waals surface area contributed by atoms with Crippen LogP contribution in [-0.4, -0.2) is 26.2 Å². The van der Waals surface area contributed by atoms with E-state index in [1.165, 1.54) is 32.1 Å². The maximum Gasteiger partial charge on any atom is 0.224 e. The summed E-state index contributed by atoms with van der Waals surface area (Å²) in [6, 6.07) is 0.496. The molecule has 0 amide bonds. The molecule has 0 aromatic carbocycles. The number of fused-ring (bicyclic) bond motifs is 1. The van der Waals surface area contributed by atoms with Gasteiger partial charge in [0.2, 0.25) is 5.95 Å². The topological polar surface area (TPSA) is 92.5 Å².